The summed E-state index contributed by atoms with van der Waals surface area (Å²) in [5.74, 6) is 0.954. The quantitative estimate of drug-likeness (QED) is 0.711. The summed E-state index contributed by atoms with van der Waals surface area (Å²) in [6, 6.07) is 18.5. The monoisotopic (exact) mass is 403 g/mol. The van der Waals surface area contributed by atoms with Crippen LogP contribution in [0.15, 0.2) is 54.6 Å². The molecule has 1 fully saturated rings. The lowest BCUT2D eigenvalue weighted by Crippen LogP contribution is -2.47. The normalized spacial score (nSPS) is 16.8. The highest BCUT2D eigenvalue weighted by Gasteiger charge is 2.20. The van der Waals surface area contributed by atoms with E-state index in [1.54, 1.807) is 0 Å². The van der Waals surface area contributed by atoms with Gasteiger partial charge in [0.25, 0.3) is 0 Å². The number of carbonyl (C=O) groups excluding carboxylic acids is 1. The number of carbonyl (C=O) groups is 1. The summed E-state index contributed by atoms with van der Waals surface area (Å²) in [5, 5.41) is 6.33. The van der Waals surface area contributed by atoms with Crippen molar-refractivity contribution in [1.29, 1.82) is 0 Å². The molecule has 0 spiro atoms. The molecule has 2 aromatic carbocycles. The van der Waals surface area contributed by atoms with E-state index in [9.17, 15) is 4.79 Å². The van der Waals surface area contributed by atoms with Gasteiger partial charge in [0.1, 0.15) is 12.4 Å². The smallest absolute Gasteiger partial charge is 0.234 e. The molecule has 1 saturated heterocycles. The minimum absolute atomic E-state index is 0. The highest BCUT2D eigenvalue weighted by molar-refractivity contribution is 5.85. The second kappa shape index (κ2) is 11.7. The second-order valence-corrected chi connectivity index (χ2v) is 7.06. The van der Waals surface area contributed by atoms with Gasteiger partial charge in [0.15, 0.2) is 0 Å². The highest BCUT2D eigenvalue weighted by Crippen LogP contribution is 2.12. The summed E-state index contributed by atoms with van der Waals surface area (Å²) in [5.41, 5.74) is 2.21. The summed E-state index contributed by atoms with van der Waals surface area (Å²) in [6.07, 6.45) is 2.33. The van der Waals surface area contributed by atoms with Crippen molar-refractivity contribution in [2.75, 3.05) is 26.7 Å². The molecule has 0 aliphatic carbocycles. The zero-order chi connectivity index (χ0) is 18.9. The number of halogens is 1. The number of piperidine rings is 1. The molecule has 5 nitrogen and oxygen atoms in total. The standard InChI is InChI=1S/C22H29N3O2.ClH/c1-23-20-6-5-13-25(15-20)16-22(26)24-14-18-9-11-19(12-10-18)17-27-21-7-3-2-4-8-21;/h2-4,7-12,20,23H,5-6,13-17H2,1H3,(H,24,26);1H. The lowest BCUT2D eigenvalue weighted by molar-refractivity contribution is -0.122. The Balaban J connectivity index is 0.00000280. The van der Waals surface area contributed by atoms with E-state index in [2.05, 4.69) is 15.5 Å². The average molecular weight is 404 g/mol. The number of nitrogens with zero attached hydrogens (tertiary/aromatic N) is 1. The lowest BCUT2D eigenvalue weighted by Gasteiger charge is -2.31. The number of amides is 1. The van der Waals surface area contributed by atoms with Crippen molar-refractivity contribution in [2.24, 2.45) is 0 Å². The van der Waals surface area contributed by atoms with E-state index < -0.39 is 0 Å². The summed E-state index contributed by atoms with van der Waals surface area (Å²) >= 11 is 0. The molecule has 1 aliphatic rings. The first-order valence-corrected chi connectivity index (χ1v) is 9.65. The van der Waals surface area contributed by atoms with Gasteiger partial charge in [-0.3, -0.25) is 9.69 Å². The van der Waals surface area contributed by atoms with Crippen molar-refractivity contribution in [3.8, 4) is 5.75 Å². The SMILES string of the molecule is CNC1CCCN(CC(=O)NCc2ccc(COc3ccccc3)cc2)C1.Cl. The molecule has 1 amide bonds. The number of benzene rings is 2. The van der Waals surface area contributed by atoms with Crippen LogP contribution in [0.5, 0.6) is 5.75 Å². The van der Waals surface area contributed by atoms with E-state index in [-0.39, 0.29) is 18.3 Å². The average Bonchev–Trinajstić information content (AvgIpc) is 2.72. The van der Waals surface area contributed by atoms with Crippen molar-refractivity contribution in [1.82, 2.24) is 15.5 Å². The fourth-order valence-electron chi connectivity index (χ4n) is 3.33. The number of likely N-dealkylation sites (tertiary alicyclic amines) is 1. The molecule has 0 aromatic heterocycles. The van der Waals surface area contributed by atoms with Gasteiger partial charge in [-0.15, -0.1) is 12.4 Å². The molecule has 1 heterocycles. The lowest BCUT2D eigenvalue weighted by atomic mass is 10.1. The molecular weight excluding hydrogens is 374 g/mol. The molecule has 2 N–H and O–H groups in total. The van der Waals surface area contributed by atoms with E-state index in [4.69, 9.17) is 4.74 Å². The Hall–Kier alpha value is -2.08. The first kappa shape index (κ1) is 22.2. The van der Waals surface area contributed by atoms with Gasteiger partial charge in [-0.2, -0.15) is 0 Å². The number of para-hydroxylation sites is 1. The molecule has 1 atom stereocenters. The fourth-order valence-corrected chi connectivity index (χ4v) is 3.33. The molecule has 1 unspecified atom stereocenters. The Labute approximate surface area is 173 Å². The Morgan fingerprint density at radius 3 is 2.54 bits per heavy atom. The van der Waals surface area contributed by atoms with E-state index in [1.807, 2.05) is 61.6 Å². The van der Waals surface area contributed by atoms with Gasteiger partial charge in [0.2, 0.25) is 5.91 Å². The van der Waals surface area contributed by atoms with Crippen molar-refractivity contribution >= 4 is 18.3 Å². The molecule has 6 heteroatoms. The molecule has 152 valence electrons. The van der Waals surface area contributed by atoms with Gasteiger partial charge in [-0.05, 0) is 49.7 Å². The zero-order valence-electron chi connectivity index (χ0n) is 16.4. The Kier molecular flexibility index (Phi) is 9.28. The molecule has 0 saturated carbocycles. The van der Waals surface area contributed by atoms with Gasteiger partial charge >= 0.3 is 0 Å². The van der Waals surface area contributed by atoms with Crippen molar-refractivity contribution in [3.05, 3.63) is 65.7 Å². The van der Waals surface area contributed by atoms with Crippen LogP contribution in [0.2, 0.25) is 0 Å². The third-order valence-electron chi connectivity index (χ3n) is 4.94. The summed E-state index contributed by atoms with van der Waals surface area (Å²) < 4.78 is 5.75. The van der Waals surface area contributed by atoms with Gasteiger partial charge in [-0.1, -0.05) is 42.5 Å². The van der Waals surface area contributed by atoms with Gasteiger partial charge in [0, 0.05) is 19.1 Å². The van der Waals surface area contributed by atoms with Crippen LogP contribution in [0.3, 0.4) is 0 Å². The van der Waals surface area contributed by atoms with Gasteiger partial charge < -0.3 is 15.4 Å². The molecule has 2 aromatic rings. The topological polar surface area (TPSA) is 53.6 Å². The summed E-state index contributed by atoms with van der Waals surface area (Å²) in [4.78, 5) is 14.4. The van der Waals surface area contributed by atoms with Crippen LogP contribution >= 0.6 is 12.4 Å². The molecular formula is C22H30ClN3O2. The summed E-state index contributed by atoms with van der Waals surface area (Å²) in [6.45, 7) is 3.52. The number of likely N-dealkylation sites (N-methyl/N-ethyl adjacent to an activating group) is 1. The third-order valence-corrected chi connectivity index (χ3v) is 4.94. The van der Waals surface area contributed by atoms with Crippen LogP contribution in [0, 0.1) is 0 Å². The van der Waals surface area contributed by atoms with Crippen LogP contribution in [0.25, 0.3) is 0 Å². The number of rotatable bonds is 8. The van der Waals surface area contributed by atoms with Crippen LogP contribution < -0.4 is 15.4 Å². The van der Waals surface area contributed by atoms with Crippen LogP contribution in [-0.4, -0.2) is 43.5 Å². The summed E-state index contributed by atoms with van der Waals surface area (Å²) in [7, 11) is 1.99. The van der Waals surface area contributed by atoms with Gasteiger partial charge in [-0.25, -0.2) is 0 Å². The number of hydrogen-bond acceptors (Lipinski definition) is 4. The van der Waals surface area contributed by atoms with Crippen LogP contribution in [0.1, 0.15) is 24.0 Å². The Morgan fingerprint density at radius 2 is 1.82 bits per heavy atom. The third kappa shape index (κ3) is 7.15. The van der Waals surface area contributed by atoms with Gasteiger partial charge in [0.05, 0.1) is 6.54 Å². The Bertz CT molecular complexity index is 709. The van der Waals surface area contributed by atoms with E-state index >= 15 is 0 Å². The van der Waals surface area contributed by atoms with Crippen molar-refractivity contribution in [3.63, 3.8) is 0 Å². The molecule has 1 aliphatic heterocycles. The molecule has 0 bridgehead atoms. The van der Waals surface area contributed by atoms with Crippen LogP contribution in [-0.2, 0) is 17.9 Å². The first-order valence-electron chi connectivity index (χ1n) is 9.65. The highest BCUT2D eigenvalue weighted by atomic mass is 35.5. The second-order valence-electron chi connectivity index (χ2n) is 7.06. The predicted molar refractivity (Wildman–Crippen MR) is 115 cm³/mol. The van der Waals surface area contributed by atoms with Crippen molar-refractivity contribution in [2.45, 2.75) is 32.0 Å². The number of hydrogen-bond donors (Lipinski definition) is 2. The fraction of sp³-hybridized carbons (Fsp3) is 0.409. The van der Waals surface area contributed by atoms with Crippen molar-refractivity contribution < 1.29 is 9.53 Å². The zero-order valence-corrected chi connectivity index (χ0v) is 17.2. The maximum absolute atomic E-state index is 12.2. The molecule has 3 rings (SSSR count). The minimum atomic E-state index is 0. The molecule has 0 radical (unpaired) electrons. The minimum Gasteiger partial charge on any atom is -0.489 e. The number of nitrogens with one attached hydrogen (secondary N) is 2. The maximum Gasteiger partial charge on any atom is 0.234 e. The van der Waals surface area contributed by atoms with E-state index in [1.165, 1.54) is 6.42 Å². The largest absolute Gasteiger partial charge is 0.489 e. The van der Waals surface area contributed by atoms with E-state index in [0.717, 1.165) is 36.4 Å². The number of ether oxygens (including phenoxy) is 1. The maximum atomic E-state index is 12.2. The Morgan fingerprint density at radius 1 is 1.11 bits per heavy atom. The predicted octanol–water partition coefficient (Wildman–Crippen LogP) is 2.99. The van der Waals surface area contributed by atoms with Crippen LogP contribution in [0.4, 0.5) is 0 Å². The van der Waals surface area contributed by atoms with E-state index in [0.29, 0.717) is 25.7 Å². The first-order chi connectivity index (χ1) is 13.2. The molecule has 28 heavy (non-hydrogen) atoms.